The molecule has 0 saturated carbocycles. The van der Waals surface area contributed by atoms with Gasteiger partial charge in [0, 0.05) is 33.8 Å². The molecule has 0 fully saturated rings. The third kappa shape index (κ3) is 3.86. The summed E-state index contributed by atoms with van der Waals surface area (Å²) in [4.78, 5) is 12.0. The van der Waals surface area contributed by atoms with Crippen molar-refractivity contribution in [1.29, 1.82) is 0 Å². The summed E-state index contributed by atoms with van der Waals surface area (Å²) < 4.78 is 5.98. The van der Waals surface area contributed by atoms with E-state index >= 15 is 0 Å². The molecule has 2 N–H and O–H groups in total. The molecule has 2 heterocycles. The fraction of sp³-hybridized carbons (Fsp3) is 0.0333. The number of benzene rings is 4. The highest BCUT2D eigenvalue weighted by Crippen LogP contribution is 2.37. The number of imidazole rings is 1. The van der Waals surface area contributed by atoms with E-state index in [9.17, 15) is 0 Å². The van der Waals surface area contributed by atoms with Gasteiger partial charge in [0.05, 0.1) is 11.4 Å². The monoisotopic (exact) mass is 441 g/mol. The zero-order valence-electron chi connectivity index (χ0n) is 18.5. The minimum absolute atomic E-state index is 0.543. The second-order valence-electron chi connectivity index (χ2n) is 8.22. The topological polar surface area (TPSA) is 53.7 Å². The SMILES string of the molecule is c1ccc(COc2ccc(-c3nc(-c4ccccc4)[nH]c3-c3c[nH]c4ccccc34)cc2)cc1. The van der Waals surface area contributed by atoms with Crippen LogP contribution in [0.4, 0.5) is 0 Å². The molecule has 0 amide bonds. The Morgan fingerprint density at radius 3 is 2.18 bits per heavy atom. The number of H-pyrrole nitrogens is 2. The van der Waals surface area contributed by atoms with Crippen molar-refractivity contribution in [3.05, 3.63) is 121 Å². The molecule has 4 aromatic carbocycles. The molecule has 0 spiro atoms. The standard InChI is InChI=1S/C30H23N3O/c1-3-9-21(10-4-1)20-34-24-17-15-22(16-18-24)28-29(26-19-31-27-14-8-7-13-25(26)27)33-30(32-28)23-11-5-2-6-12-23/h1-19,31H,20H2,(H,32,33). The number of para-hydroxylation sites is 1. The normalized spacial score (nSPS) is 11.1. The van der Waals surface area contributed by atoms with Crippen molar-refractivity contribution < 1.29 is 4.74 Å². The average Bonchev–Trinajstić information content (AvgIpc) is 3.54. The van der Waals surface area contributed by atoms with Crippen LogP contribution >= 0.6 is 0 Å². The first-order chi connectivity index (χ1) is 16.8. The highest BCUT2D eigenvalue weighted by atomic mass is 16.5. The van der Waals surface area contributed by atoms with Crippen molar-refractivity contribution in [3.63, 3.8) is 0 Å². The van der Waals surface area contributed by atoms with Crippen molar-refractivity contribution >= 4 is 10.9 Å². The van der Waals surface area contributed by atoms with Crippen LogP contribution in [0.2, 0.25) is 0 Å². The van der Waals surface area contributed by atoms with Gasteiger partial charge < -0.3 is 14.7 Å². The van der Waals surface area contributed by atoms with Gasteiger partial charge in [-0.2, -0.15) is 0 Å². The summed E-state index contributed by atoms with van der Waals surface area (Å²) in [7, 11) is 0. The summed E-state index contributed by atoms with van der Waals surface area (Å²) in [5, 5.41) is 1.16. The van der Waals surface area contributed by atoms with E-state index in [2.05, 4.69) is 64.6 Å². The van der Waals surface area contributed by atoms with E-state index in [1.807, 2.05) is 60.8 Å². The largest absolute Gasteiger partial charge is 0.489 e. The van der Waals surface area contributed by atoms with Crippen LogP contribution in [0.5, 0.6) is 5.75 Å². The molecule has 6 aromatic rings. The van der Waals surface area contributed by atoms with Crippen LogP contribution < -0.4 is 4.74 Å². The maximum Gasteiger partial charge on any atom is 0.138 e. The molecule has 0 aliphatic heterocycles. The zero-order chi connectivity index (χ0) is 22.7. The van der Waals surface area contributed by atoms with E-state index in [-0.39, 0.29) is 0 Å². The summed E-state index contributed by atoms with van der Waals surface area (Å²) in [6.07, 6.45) is 2.05. The Morgan fingerprint density at radius 2 is 1.38 bits per heavy atom. The first kappa shape index (κ1) is 20.1. The third-order valence-corrected chi connectivity index (χ3v) is 5.99. The molecule has 0 bridgehead atoms. The molecule has 0 radical (unpaired) electrons. The van der Waals surface area contributed by atoms with Gasteiger partial charge in [-0.3, -0.25) is 0 Å². The summed E-state index contributed by atoms with van der Waals surface area (Å²) in [6.45, 7) is 0.543. The quantitative estimate of drug-likeness (QED) is 0.282. The lowest BCUT2D eigenvalue weighted by molar-refractivity contribution is 0.306. The summed E-state index contributed by atoms with van der Waals surface area (Å²) >= 11 is 0. The highest BCUT2D eigenvalue weighted by Gasteiger charge is 2.18. The number of nitrogens with zero attached hydrogens (tertiary/aromatic N) is 1. The van der Waals surface area contributed by atoms with Gasteiger partial charge >= 0.3 is 0 Å². The van der Waals surface area contributed by atoms with E-state index in [4.69, 9.17) is 9.72 Å². The van der Waals surface area contributed by atoms with Crippen LogP contribution in [0.3, 0.4) is 0 Å². The molecule has 0 aliphatic carbocycles. The van der Waals surface area contributed by atoms with Gasteiger partial charge in [-0.05, 0) is 35.9 Å². The van der Waals surface area contributed by atoms with Crippen LogP contribution in [-0.2, 0) is 6.61 Å². The van der Waals surface area contributed by atoms with Gasteiger partial charge in [0.2, 0.25) is 0 Å². The molecule has 6 rings (SSSR count). The first-order valence-electron chi connectivity index (χ1n) is 11.3. The lowest BCUT2D eigenvalue weighted by Gasteiger charge is -2.07. The van der Waals surface area contributed by atoms with Gasteiger partial charge in [0.15, 0.2) is 0 Å². The molecule has 34 heavy (non-hydrogen) atoms. The molecule has 0 saturated heterocycles. The second-order valence-corrected chi connectivity index (χ2v) is 8.22. The molecule has 0 aliphatic rings. The minimum atomic E-state index is 0.543. The molecule has 2 aromatic heterocycles. The van der Waals surface area contributed by atoms with Crippen LogP contribution in [0.15, 0.2) is 115 Å². The number of hydrogen-bond acceptors (Lipinski definition) is 2. The van der Waals surface area contributed by atoms with Crippen LogP contribution in [-0.4, -0.2) is 15.0 Å². The van der Waals surface area contributed by atoms with Crippen molar-refractivity contribution in [3.8, 4) is 39.7 Å². The van der Waals surface area contributed by atoms with E-state index in [1.165, 1.54) is 0 Å². The van der Waals surface area contributed by atoms with Gasteiger partial charge in [0.1, 0.15) is 18.2 Å². The van der Waals surface area contributed by atoms with Crippen molar-refractivity contribution in [1.82, 2.24) is 15.0 Å². The van der Waals surface area contributed by atoms with Crippen LogP contribution in [0.1, 0.15) is 5.56 Å². The van der Waals surface area contributed by atoms with Crippen LogP contribution in [0.25, 0.3) is 44.8 Å². The number of aromatic amines is 2. The van der Waals surface area contributed by atoms with Gasteiger partial charge in [-0.25, -0.2) is 4.98 Å². The van der Waals surface area contributed by atoms with Crippen molar-refractivity contribution in [2.45, 2.75) is 6.61 Å². The Morgan fingerprint density at radius 1 is 0.676 bits per heavy atom. The molecule has 164 valence electrons. The summed E-state index contributed by atoms with van der Waals surface area (Å²) in [5.74, 6) is 1.68. The van der Waals surface area contributed by atoms with E-state index in [0.717, 1.165) is 56.1 Å². The molecule has 4 heteroatoms. The molecular formula is C30H23N3O. The number of rotatable bonds is 6. The Balaban J connectivity index is 1.38. The molecule has 0 atom stereocenters. The number of aromatic nitrogens is 3. The number of ether oxygens (including phenoxy) is 1. The first-order valence-corrected chi connectivity index (χ1v) is 11.3. The minimum Gasteiger partial charge on any atom is -0.489 e. The fourth-order valence-electron chi connectivity index (χ4n) is 4.24. The summed E-state index contributed by atoms with van der Waals surface area (Å²) in [6, 6.07) is 36.9. The lowest BCUT2D eigenvalue weighted by atomic mass is 10.0. The zero-order valence-corrected chi connectivity index (χ0v) is 18.5. The smallest absolute Gasteiger partial charge is 0.138 e. The Kier molecular flexibility index (Phi) is 5.17. The number of fused-ring (bicyclic) bond motifs is 1. The van der Waals surface area contributed by atoms with E-state index in [0.29, 0.717) is 6.61 Å². The Labute approximate surface area is 197 Å². The van der Waals surface area contributed by atoms with E-state index in [1.54, 1.807) is 0 Å². The van der Waals surface area contributed by atoms with Crippen LogP contribution in [0, 0.1) is 0 Å². The predicted octanol–water partition coefficient (Wildman–Crippen LogP) is 7.47. The summed E-state index contributed by atoms with van der Waals surface area (Å²) in [5.41, 5.74) is 7.34. The third-order valence-electron chi connectivity index (χ3n) is 5.99. The predicted molar refractivity (Wildman–Crippen MR) is 138 cm³/mol. The maximum atomic E-state index is 5.98. The van der Waals surface area contributed by atoms with E-state index < -0.39 is 0 Å². The van der Waals surface area contributed by atoms with Gasteiger partial charge in [-0.15, -0.1) is 0 Å². The van der Waals surface area contributed by atoms with Gasteiger partial charge in [0.25, 0.3) is 0 Å². The molecule has 0 unspecified atom stereocenters. The second kappa shape index (κ2) is 8.75. The number of hydrogen-bond donors (Lipinski definition) is 2. The Hall–Kier alpha value is -4.57. The fourth-order valence-corrected chi connectivity index (χ4v) is 4.24. The average molecular weight is 442 g/mol. The molecular weight excluding hydrogens is 418 g/mol. The van der Waals surface area contributed by atoms with Crippen molar-refractivity contribution in [2.75, 3.05) is 0 Å². The lowest BCUT2D eigenvalue weighted by Crippen LogP contribution is -1.94. The Bertz CT molecular complexity index is 1530. The molecule has 4 nitrogen and oxygen atoms in total. The van der Waals surface area contributed by atoms with Gasteiger partial charge in [-0.1, -0.05) is 78.9 Å². The highest BCUT2D eigenvalue weighted by molar-refractivity contribution is 5.98. The number of nitrogens with one attached hydrogen (secondary N) is 2. The van der Waals surface area contributed by atoms with Crippen molar-refractivity contribution in [2.24, 2.45) is 0 Å². The maximum absolute atomic E-state index is 5.98.